The maximum absolute atomic E-state index is 11.4. The summed E-state index contributed by atoms with van der Waals surface area (Å²) in [5, 5.41) is 11.4. The van der Waals surface area contributed by atoms with Crippen LogP contribution in [-0.4, -0.2) is 29.6 Å². The first kappa shape index (κ1) is 16.2. The SMILES string of the molecule is C[C@](O)(c1ccccc1)[C@H](CN1CCCCC1)c1ccccc1. The smallest absolute Gasteiger partial charge is 0.0949 e. The van der Waals surface area contributed by atoms with Crippen molar-refractivity contribution in [3.8, 4) is 0 Å². The molecule has 2 nitrogen and oxygen atoms in total. The van der Waals surface area contributed by atoms with Gasteiger partial charge in [0.05, 0.1) is 5.60 Å². The molecular weight excluding hydrogens is 282 g/mol. The van der Waals surface area contributed by atoms with Gasteiger partial charge in [0.2, 0.25) is 0 Å². The summed E-state index contributed by atoms with van der Waals surface area (Å²) in [7, 11) is 0. The van der Waals surface area contributed by atoms with Gasteiger partial charge >= 0.3 is 0 Å². The Kier molecular flexibility index (Phi) is 5.14. The zero-order chi connectivity index (χ0) is 16.1. The van der Waals surface area contributed by atoms with E-state index in [2.05, 4.69) is 29.2 Å². The molecule has 0 bridgehead atoms. The topological polar surface area (TPSA) is 23.5 Å². The van der Waals surface area contributed by atoms with Crippen LogP contribution >= 0.6 is 0 Å². The number of nitrogens with zero attached hydrogens (tertiary/aromatic N) is 1. The Bertz CT molecular complexity index is 588. The van der Waals surface area contributed by atoms with Crippen molar-refractivity contribution in [3.05, 3.63) is 71.8 Å². The van der Waals surface area contributed by atoms with Crippen LogP contribution in [0, 0.1) is 0 Å². The quantitative estimate of drug-likeness (QED) is 0.896. The van der Waals surface area contributed by atoms with Gasteiger partial charge in [-0.1, -0.05) is 67.1 Å². The lowest BCUT2D eigenvalue weighted by atomic mass is 9.78. The van der Waals surface area contributed by atoms with E-state index in [4.69, 9.17) is 0 Å². The van der Waals surface area contributed by atoms with Crippen LogP contribution in [0.1, 0.15) is 43.2 Å². The zero-order valence-corrected chi connectivity index (χ0v) is 14.0. The van der Waals surface area contributed by atoms with Crippen LogP contribution in [0.25, 0.3) is 0 Å². The third kappa shape index (κ3) is 3.82. The second kappa shape index (κ2) is 7.29. The maximum Gasteiger partial charge on any atom is 0.0949 e. The van der Waals surface area contributed by atoms with Crippen LogP contribution < -0.4 is 0 Å². The summed E-state index contributed by atoms with van der Waals surface area (Å²) in [5.74, 6) is 0.0733. The molecule has 0 amide bonds. The number of hydrogen-bond donors (Lipinski definition) is 1. The largest absolute Gasteiger partial charge is 0.385 e. The molecule has 2 atom stereocenters. The van der Waals surface area contributed by atoms with Gasteiger partial charge in [0.25, 0.3) is 0 Å². The van der Waals surface area contributed by atoms with E-state index in [9.17, 15) is 5.11 Å². The average Bonchev–Trinajstić information content (AvgIpc) is 2.62. The molecule has 0 aromatic heterocycles. The number of benzene rings is 2. The minimum atomic E-state index is -0.875. The highest BCUT2D eigenvalue weighted by Crippen LogP contribution is 2.37. The van der Waals surface area contributed by atoms with Gasteiger partial charge in [0, 0.05) is 12.5 Å². The van der Waals surface area contributed by atoms with Gasteiger partial charge in [-0.05, 0) is 44.0 Å². The van der Waals surface area contributed by atoms with Crippen LogP contribution in [0.4, 0.5) is 0 Å². The van der Waals surface area contributed by atoms with E-state index in [1.54, 1.807) is 0 Å². The summed E-state index contributed by atoms with van der Waals surface area (Å²) < 4.78 is 0. The lowest BCUT2D eigenvalue weighted by molar-refractivity contribution is 0.0107. The number of rotatable bonds is 5. The Hall–Kier alpha value is -1.64. The van der Waals surface area contributed by atoms with Crippen molar-refractivity contribution in [3.63, 3.8) is 0 Å². The van der Waals surface area contributed by atoms with Crippen molar-refractivity contribution < 1.29 is 5.11 Å². The van der Waals surface area contributed by atoms with Crippen LogP contribution in [-0.2, 0) is 5.60 Å². The van der Waals surface area contributed by atoms with E-state index < -0.39 is 5.60 Å². The number of hydrogen-bond acceptors (Lipinski definition) is 2. The molecule has 0 radical (unpaired) electrons. The van der Waals surface area contributed by atoms with Crippen molar-refractivity contribution in [2.75, 3.05) is 19.6 Å². The van der Waals surface area contributed by atoms with Gasteiger partial charge in [-0.15, -0.1) is 0 Å². The van der Waals surface area contributed by atoms with Crippen molar-refractivity contribution in [1.29, 1.82) is 0 Å². The maximum atomic E-state index is 11.4. The van der Waals surface area contributed by atoms with E-state index in [-0.39, 0.29) is 5.92 Å². The molecule has 1 aliphatic heterocycles. The summed E-state index contributed by atoms with van der Waals surface area (Å²) in [6.07, 6.45) is 3.88. The Morgan fingerprint density at radius 1 is 0.913 bits per heavy atom. The minimum absolute atomic E-state index is 0.0733. The van der Waals surface area contributed by atoms with E-state index in [1.807, 2.05) is 43.3 Å². The molecule has 122 valence electrons. The zero-order valence-electron chi connectivity index (χ0n) is 14.0. The second-order valence-electron chi connectivity index (χ2n) is 6.84. The van der Waals surface area contributed by atoms with Crippen molar-refractivity contribution in [2.45, 2.75) is 37.7 Å². The third-order valence-corrected chi connectivity index (χ3v) is 5.13. The molecule has 1 heterocycles. The summed E-state index contributed by atoms with van der Waals surface area (Å²) in [6, 6.07) is 20.6. The molecule has 2 heteroatoms. The van der Waals surface area contributed by atoms with Gasteiger partial charge in [-0.2, -0.15) is 0 Å². The normalized spacial score (nSPS) is 19.9. The molecule has 1 saturated heterocycles. The molecule has 2 aromatic carbocycles. The highest BCUT2D eigenvalue weighted by molar-refractivity contribution is 5.31. The Labute approximate surface area is 139 Å². The molecule has 3 rings (SSSR count). The van der Waals surface area contributed by atoms with Crippen molar-refractivity contribution in [2.24, 2.45) is 0 Å². The number of likely N-dealkylation sites (tertiary alicyclic amines) is 1. The fourth-order valence-corrected chi connectivity index (χ4v) is 3.67. The molecule has 0 unspecified atom stereocenters. The van der Waals surface area contributed by atoms with Crippen molar-refractivity contribution in [1.82, 2.24) is 4.90 Å². The van der Waals surface area contributed by atoms with Gasteiger partial charge in [0.15, 0.2) is 0 Å². The minimum Gasteiger partial charge on any atom is -0.385 e. The van der Waals surface area contributed by atoms with Crippen LogP contribution in [0.2, 0.25) is 0 Å². The first-order chi connectivity index (χ1) is 11.2. The molecule has 0 aliphatic carbocycles. The highest BCUT2D eigenvalue weighted by Gasteiger charge is 2.36. The molecule has 1 fully saturated rings. The summed E-state index contributed by atoms with van der Waals surface area (Å²) in [5.41, 5.74) is 1.33. The molecule has 0 saturated carbocycles. The average molecular weight is 309 g/mol. The van der Waals surface area contributed by atoms with Crippen LogP contribution in [0.15, 0.2) is 60.7 Å². The van der Waals surface area contributed by atoms with Gasteiger partial charge in [-0.25, -0.2) is 0 Å². The predicted molar refractivity (Wildman–Crippen MR) is 95.5 cm³/mol. The lowest BCUT2D eigenvalue weighted by Crippen LogP contribution is -2.41. The molecule has 23 heavy (non-hydrogen) atoms. The van der Waals surface area contributed by atoms with E-state index >= 15 is 0 Å². The number of aliphatic hydroxyl groups is 1. The molecular formula is C21H27NO. The molecule has 2 aromatic rings. The van der Waals surface area contributed by atoms with Crippen molar-refractivity contribution >= 4 is 0 Å². The van der Waals surface area contributed by atoms with Gasteiger partial charge in [-0.3, -0.25) is 0 Å². The fourth-order valence-electron chi connectivity index (χ4n) is 3.67. The predicted octanol–water partition coefficient (Wildman–Crippen LogP) is 4.16. The van der Waals surface area contributed by atoms with Crippen LogP contribution in [0.3, 0.4) is 0 Å². The highest BCUT2D eigenvalue weighted by atomic mass is 16.3. The first-order valence-electron chi connectivity index (χ1n) is 8.73. The Balaban J connectivity index is 1.91. The lowest BCUT2D eigenvalue weighted by Gasteiger charge is -2.38. The summed E-state index contributed by atoms with van der Waals surface area (Å²) >= 11 is 0. The van der Waals surface area contributed by atoms with Crippen LogP contribution in [0.5, 0.6) is 0 Å². The van der Waals surface area contributed by atoms with E-state index in [1.165, 1.54) is 24.8 Å². The Morgan fingerprint density at radius 3 is 2.09 bits per heavy atom. The van der Waals surface area contributed by atoms with Gasteiger partial charge < -0.3 is 10.0 Å². The Morgan fingerprint density at radius 2 is 1.48 bits per heavy atom. The van der Waals surface area contributed by atoms with Gasteiger partial charge in [0.1, 0.15) is 0 Å². The summed E-state index contributed by atoms with van der Waals surface area (Å²) in [4.78, 5) is 2.51. The summed E-state index contributed by atoms with van der Waals surface area (Å²) in [6.45, 7) is 5.16. The third-order valence-electron chi connectivity index (χ3n) is 5.13. The second-order valence-corrected chi connectivity index (χ2v) is 6.84. The number of piperidine rings is 1. The first-order valence-corrected chi connectivity index (χ1v) is 8.73. The van der Waals surface area contributed by atoms with E-state index in [0.29, 0.717) is 0 Å². The molecule has 1 aliphatic rings. The standard InChI is InChI=1S/C21H27NO/c1-21(23,19-13-7-3-8-14-19)20(18-11-5-2-6-12-18)17-22-15-9-4-10-16-22/h2-3,5-8,11-14,20,23H,4,9-10,15-17H2,1H3/t20-,21+/m1/s1. The van der Waals surface area contributed by atoms with E-state index in [0.717, 1.165) is 25.2 Å². The molecule has 0 spiro atoms. The molecule has 1 N–H and O–H groups in total. The monoisotopic (exact) mass is 309 g/mol. The fraction of sp³-hybridized carbons (Fsp3) is 0.429.